The molecule has 0 aliphatic carbocycles. The molecule has 0 aromatic heterocycles. The first-order valence-electron chi connectivity index (χ1n) is 3.75. The second-order valence-corrected chi connectivity index (χ2v) is 6.58. The standard InChI is InChI=1S/C8H3Br2F5O/c9-8(10,16)1-2-3(11)5(13)7(15)6(14)4(2)12/h16H,1H2. The van der Waals surface area contributed by atoms with Crippen LogP contribution in [0.2, 0.25) is 0 Å². The van der Waals surface area contributed by atoms with E-state index in [1.165, 1.54) is 0 Å². The van der Waals surface area contributed by atoms with Crippen molar-refractivity contribution < 1.29 is 27.1 Å². The molecule has 8 heteroatoms. The Morgan fingerprint density at radius 3 is 1.44 bits per heavy atom. The van der Waals surface area contributed by atoms with E-state index in [1.807, 2.05) is 0 Å². The Bertz CT molecular complexity index is 400. The second kappa shape index (κ2) is 4.58. The van der Waals surface area contributed by atoms with Crippen LogP contribution in [0.15, 0.2) is 0 Å². The third-order valence-electron chi connectivity index (χ3n) is 1.69. The van der Waals surface area contributed by atoms with Crippen LogP contribution in [0.25, 0.3) is 0 Å². The van der Waals surface area contributed by atoms with E-state index in [0.29, 0.717) is 0 Å². The number of hydrogen-bond acceptors (Lipinski definition) is 1. The molecule has 0 radical (unpaired) electrons. The maximum absolute atomic E-state index is 13.1. The normalized spacial score (nSPS) is 12.0. The summed E-state index contributed by atoms with van der Waals surface area (Å²) in [7, 11) is 0. The molecule has 16 heavy (non-hydrogen) atoms. The van der Waals surface area contributed by atoms with Crippen molar-refractivity contribution in [1.29, 1.82) is 0 Å². The lowest BCUT2D eigenvalue weighted by atomic mass is 10.1. The van der Waals surface area contributed by atoms with Gasteiger partial charge in [-0.05, 0) is 31.9 Å². The SMILES string of the molecule is OC(Br)(Br)Cc1c(F)c(F)c(F)c(F)c1F. The number of hydrogen-bond donors (Lipinski definition) is 1. The second-order valence-electron chi connectivity index (χ2n) is 2.89. The van der Waals surface area contributed by atoms with Gasteiger partial charge in [0.2, 0.25) is 5.82 Å². The van der Waals surface area contributed by atoms with Crippen molar-refractivity contribution in [2.45, 2.75) is 9.84 Å². The van der Waals surface area contributed by atoms with Crippen LogP contribution in [-0.4, -0.2) is 8.53 Å². The summed E-state index contributed by atoms with van der Waals surface area (Å²) in [6.07, 6.45) is -0.835. The van der Waals surface area contributed by atoms with Crippen molar-refractivity contribution >= 4 is 31.9 Å². The van der Waals surface area contributed by atoms with Gasteiger partial charge in [-0.3, -0.25) is 0 Å². The van der Waals surface area contributed by atoms with E-state index in [-0.39, 0.29) is 0 Å². The summed E-state index contributed by atoms with van der Waals surface area (Å²) in [6.45, 7) is 0. The molecular formula is C8H3Br2F5O. The topological polar surface area (TPSA) is 20.2 Å². The number of rotatable bonds is 2. The Labute approximate surface area is 104 Å². The first-order chi connectivity index (χ1) is 7.15. The molecule has 1 nitrogen and oxygen atoms in total. The summed E-state index contributed by atoms with van der Waals surface area (Å²) in [5.41, 5.74) is -1.10. The highest BCUT2D eigenvalue weighted by Gasteiger charge is 2.30. The molecule has 1 N–H and O–H groups in total. The molecule has 1 aromatic rings. The summed E-state index contributed by atoms with van der Waals surface area (Å²) < 4.78 is 62.2. The lowest BCUT2D eigenvalue weighted by Crippen LogP contribution is -2.18. The maximum Gasteiger partial charge on any atom is 0.200 e. The van der Waals surface area contributed by atoms with Crippen LogP contribution < -0.4 is 0 Å². The minimum absolute atomic E-state index is 0.835. The Morgan fingerprint density at radius 1 is 0.812 bits per heavy atom. The molecule has 0 aliphatic rings. The Balaban J connectivity index is 3.40. The number of halogens is 7. The van der Waals surface area contributed by atoms with Gasteiger partial charge in [-0.2, -0.15) is 0 Å². The third kappa shape index (κ3) is 2.72. The van der Waals surface area contributed by atoms with Crippen molar-refractivity contribution in [3.05, 3.63) is 34.6 Å². The predicted molar refractivity (Wildman–Crippen MR) is 52.7 cm³/mol. The molecule has 0 unspecified atom stereocenters. The summed E-state index contributed by atoms with van der Waals surface area (Å²) >= 11 is 5.10. The van der Waals surface area contributed by atoms with Crippen molar-refractivity contribution in [3.63, 3.8) is 0 Å². The molecule has 1 rings (SSSR count). The monoisotopic (exact) mass is 368 g/mol. The summed E-state index contributed by atoms with van der Waals surface area (Å²) in [6, 6.07) is 0. The quantitative estimate of drug-likeness (QED) is 0.367. The van der Waals surface area contributed by atoms with E-state index < -0.39 is 44.5 Å². The van der Waals surface area contributed by atoms with Gasteiger partial charge in [-0.25, -0.2) is 22.0 Å². The number of aliphatic hydroxyl groups is 1. The van der Waals surface area contributed by atoms with Crippen LogP contribution >= 0.6 is 31.9 Å². The summed E-state index contributed by atoms with van der Waals surface area (Å²) in [5.74, 6) is -10.2. The van der Waals surface area contributed by atoms with Gasteiger partial charge in [0.15, 0.2) is 26.7 Å². The highest BCUT2D eigenvalue weighted by Crippen LogP contribution is 2.31. The molecule has 0 saturated heterocycles. The van der Waals surface area contributed by atoms with Crippen molar-refractivity contribution in [3.8, 4) is 0 Å². The molecule has 0 amide bonds. The van der Waals surface area contributed by atoms with Crippen LogP contribution in [0.3, 0.4) is 0 Å². The molecule has 0 heterocycles. The van der Waals surface area contributed by atoms with E-state index in [1.54, 1.807) is 0 Å². The zero-order chi connectivity index (χ0) is 12.7. The van der Waals surface area contributed by atoms with Gasteiger partial charge in [-0.1, -0.05) is 0 Å². The van der Waals surface area contributed by atoms with Gasteiger partial charge in [0.05, 0.1) is 0 Å². The van der Waals surface area contributed by atoms with Gasteiger partial charge < -0.3 is 5.11 Å². The molecule has 0 atom stereocenters. The van der Waals surface area contributed by atoms with Crippen LogP contribution in [0.1, 0.15) is 5.56 Å². The maximum atomic E-state index is 13.1. The largest absolute Gasteiger partial charge is 0.369 e. The molecule has 0 fully saturated rings. The number of benzene rings is 1. The molecular weight excluding hydrogens is 367 g/mol. The van der Waals surface area contributed by atoms with Crippen molar-refractivity contribution in [2.75, 3.05) is 0 Å². The van der Waals surface area contributed by atoms with E-state index >= 15 is 0 Å². The van der Waals surface area contributed by atoms with Gasteiger partial charge in [0.1, 0.15) is 0 Å². The fourth-order valence-corrected chi connectivity index (χ4v) is 1.58. The van der Waals surface area contributed by atoms with Gasteiger partial charge in [0, 0.05) is 12.0 Å². The lowest BCUT2D eigenvalue weighted by molar-refractivity contribution is 0.239. The summed E-state index contributed by atoms with van der Waals surface area (Å²) in [4.78, 5) is 0. The van der Waals surface area contributed by atoms with Gasteiger partial charge in [-0.15, -0.1) is 0 Å². The fourth-order valence-electron chi connectivity index (χ4n) is 1.02. The predicted octanol–water partition coefficient (Wildman–Crippen LogP) is 3.36. The Kier molecular flexibility index (Phi) is 3.96. The first kappa shape index (κ1) is 13.9. The Morgan fingerprint density at radius 2 is 1.12 bits per heavy atom. The molecule has 1 aromatic carbocycles. The van der Waals surface area contributed by atoms with E-state index in [9.17, 15) is 22.0 Å². The van der Waals surface area contributed by atoms with E-state index in [4.69, 9.17) is 5.11 Å². The van der Waals surface area contributed by atoms with Crippen molar-refractivity contribution in [1.82, 2.24) is 0 Å². The molecule has 0 spiro atoms. The highest BCUT2D eigenvalue weighted by molar-refractivity contribution is 9.25. The van der Waals surface area contributed by atoms with Crippen LogP contribution in [0, 0.1) is 29.1 Å². The molecule has 90 valence electrons. The minimum atomic E-state index is -2.23. The molecule has 0 saturated carbocycles. The van der Waals surface area contributed by atoms with Crippen LogP contribution in [0.4, 0.5) is 22.0 Å². The van der Waals surface area contributed by atoms with Crippen molar-refractivity contribution in [2.24, 2.45) is 0 Å². The zero-order valence-corrected chi connectivity index (χ0v) is 10.5. The number of alkyl halides is 2. The molecule has 0 aliphatic heterocycles. The molecule has 0 bridgehead atoms. The smallest absolute Gasteiger partial charge is 0.200 e. The lowest BCUT2D eigenvalue weighted by Gasteiger charge is -2.14. The van der Waals surface area contributed by atoms with Gasteiger partial charge >= 0.3 is 0 Å². The van der Waals surface area contributed by atoms with Gasteiger partial charge in [0.25, 0.3) is 0 Å². The fraction of sp³-hybridized carbons (Fsp3) is 0.250. The third-order valence-corrected chi connectivity index (χ3v) is 2.25. The van der Waals surface area contributed by atoms with Crippen LogP contribution in [0.5, 0.6) is 0 Å². The van der Waals surface area contributed by atoms with Crippen LogP contribution in [-0.2, 0) is 6.42 Å². The van der Waals surface area contributed by atoms with E-state index in [2.05, 4.69) is 31.9 Å². The average Bonchev–Trinajstić information content (AvgIpc) is 2.17. The zero-order valence-electron chi connectivity index (χ0n) is 7.30. The first-order valence-corrected chi connectivity index (χ1v) is 5.34. The minimum Gasteiger partial charge on any atom is -0.369 e. The highest BCUT2D eigenvalue weighted by atomic mass is 79.9. The Hall–Kier alpha value is -0.210. The summed E-state index contributed by atoms with van der Waals surface area (Å²) in [5, 5.41) is 9.13. The average molecular weight is 370 g/mol. The van der Waals surface area contributed by atoms with E-state index in [0.717, 1.165) is 0 Å².